The van der Waals surface area contributed by atoms with E-state index in [9.17, 15) is 35.1 Å². The van der Waals surface area contributed by atoms with E-state index in [1.807, 2.05) is 0 Å². The van der Waals surface area contributed by atoms with Crippen LogP contribution < -0.4 is 11.5 Å². The van der Waals surface area contributed by atoms with E-state index >= 15 is 0 Å². The maximum atomic E-state index is 13.5. The summed E-state index contributed by atoms with van der Waals surface area (Å²) >= 11 is 0. The molecule has 1 saturated carbocycles. The number of rotatable bonds is 7. The van der Waals surface area contributed by atoms with Crippen molar-refractivity contribution in [3.05, 3.63) is 0 Å². The minimum absolute atomic E-state index is 0.0349. The molecule has 0 aromatic heterocycles. The highest BCUT2D eigenvalue weighted by Gasteiger charge is 2.80. The first-order valence-electron chi connectivity index (χ1n) is 6.94. The summed E-state index contributed by atoms with van der Waals surface area (Å²) in [7, 11) is 0. The number of halogens is 8. The highest BCUT2D eigenvalue weighted by Crippen LogP contribution is 2.52. The van der Waals surface area contributed by atoms with Crippen LogP contribution in [0.1, 0.15) is 19.3 Å². The Hall–Kier alpha value is -0.720. The molecule has 12 heteroatoms. The molecule has 1 fully saturated rings. The lowest BCUT2D eigenvalue weighted by atomic mass is 9.89. The predicted octanol–water partition coefficient (Wildman–Crippen LogP) is 1.74. The van der Waals surface area contributed by atoms with E-state index in [0.717, 1.165) is 0 Å². The van der Waals surface area contributed by atoms with Crippen LogP contribution in [0.5, 0.6) is 0 Å². The SMILES string of the molecule is NC1CCC(OCC(F)(F)C(F)(F)C(F)(F)C(F)(F)CO)C(N)C1. The lowest BCUT2D eigenvalue weighted by molar-refractivity contribution is -0.376. The van der Waals surface area contributed by atoms with Crippen molar-refractivity contribution in [1.82, 2.24) is 0 Å². The first-order valence-corrected chi connectivity index (χ1v) is 6.94. The van der Waals surface area contributed by atoms with Crippen LogP contribution in [0.3, 0.4) is 0 Å². The zero-order valence-electron chi connectivity index (χ0n) is 12.3. The standard InChI is InChI=1S/C12H18F8N2O2/c13-9(14,4-23)11(17,18)12(19,20)10(15,16)5-24-8-2-1-6(21)3-7(8)22/h6-8,23H,1-5,21-22H2. The molecule has 144 valence electrons. The second-order valence-corrected chi connectivity index (χ2v) is 5.80. The van der Waals surface area contributed by atoms with Gasteiger partial charge in [-0.2, -0.15) is 35.1 Å². The van der Waals surface area contributed by atoms with Crippen molar-refractivity contribution >= 4 is 0 Å². The lowest BCUT2D eigenvalue weighted by Gasteiger charge is -2.37. The van der Waals surface area contributed by atoms with Crippen LogP contribution in [0.25, 0.3) is 0 Å². The van der Waals surface area contributed by atoms with Crippen LogP contribution in [0.4, 0.5) is 35.1 Å². The van der Waals surface area contributed by atoms with Gasteiger partial charge in [0.05, 0.1) is 6.10 Å². The molecule has 0 bridgehead atoms. The van der Waals surface area contributed by atoms with E-state index in [1.54, 1.807) is 0 Å². The van der Waals surface area contributed by atoms with E-state index in [1.165, 1.54) is 0 Å². The summed E-state index contributed by atoms with van der Waals surface area (Å²) in [5, 5.41) is 8.08. The minimum atomic E-state index is -6.49. The van der Waals surface area contributed by atoms with Crippen molar-refractivity contribution in [3.8, 4) is 0 Å². The Morgan fingerprint density at radius 2 is 1.38 bits per heavy atom. The van der Waals surface area contributed by atoms with Gasteiger partial charge in [-0.3, -0.25) is 0 Å². The molecule has 4 nitrogen and oxygen atoms in total. The van der Waals surface area contributed by atoms with Crippen molar-refractivity contribution in [2.75, 3.05) is 13.2 Å². The molecular formula is C12H18F8N2O2. The Kier molecular flexibility index (Phi) is 6.12. The Morgan fingerprint density at radius 3 is 1.83 bits per heavy atom. The molecule has 0 heterocycles. The quantitative estimate of drug-likeness (QED) is 0.593. The van der Waals surface area contributed by atoms with E-state index in [0.29, 0.717) is 6.42 Å². The normalized spacial score (nSPS) is 27.4. The van der Waals surface area contributed by atoms with Crippen molar-refractivity contribution in [1.29, 1.82) is 0 Å². The Balaban J connectivity index is 2.86. The van der Waals surface area contributed by atoms with Gasteiger partial charge in [0, 0.05) is 12.1 Å². The molecule has 3 unspecified atom stereocenters. The van der Waals surface area contributed by atoms with Crippen molar-refractivity contribution in [2.24, 2.45) is 11.5 Å². The number of nitrogens with two attached hydrogens (primary N) is 2. The fraction of sp³-hybridized carbons (Fsp3) is 1.00. The van der Waals surface area contributed by atoms with Gasteiger partial charge in [0.1, 0.15) is 13.2 Å². The molecule has 0 spiro atoms. The summed E-state index contributed by atoms with van der Waals surface area (Å²) in [4.78, 5) is 0. The third-order valence-corrected chi connectivity index (χ3v) is 3.86. The van der Waals surface area contributed by atoms with Crippen molar-refractivity contribution < 1.29 is 45.0 Å². The van der Waals surface area contributed by atoms with Gasteiger partial charge >= 0.3 is 23.7 Å². The molecule has 0 aliphatic heterocycles. The first kappa shape index (κ1) is 21.3. The van der Waals surface area contributed by atoms with Gasteiger partial charge in [0.15, 0.2) is 0 Å². The summed E-state index contributed by atoms with van der Waals surface area (Å²) in [6, 6.07) is -1.22. The Labute approximate surface area is 132 Å². The van der Waals surface area contributed by atoms with Crippen LogP contribution >= 0.6 is 0 Å². The molecule has 0 aromatic carbocycles. The van der Waals surface area contributed by atoms with Crippen LogP contribution in [-0.4, -0.2) is 60.2 Å². The molecule has 0 amide bonds. The van der Waals surface area contributed by atoms with Crippen LogP contribution in [0.2, 0.25) is 0 Å². The number of hydrogen-bond donors (Lipinski definition) is 3. The van der Waals surface area contributed by atoms with Crippen LogP contribution in [0.15, 0.2) is 0 Å². The molecule has 1 aliphatic rings. The molecule has 1 aliphatic carbocycles. The second kappa shape index (κ2) is 6.89. The summed E-state index contributed by atoms with van der Waals surface area (Å²) in [6.07, 6.45) is -0.670. The molecule has 1 rings (SSSR count). The fourth-order valence-corrected chi connectivity index (χ4v) is 2.28. The van der Waals surface area contributed by atoms with Gasteiger partial charge in [-0.15, -0.1) is 0 Å². The van der Waals surface area contributed by atoms with Crippen LogP contribution in [-0.2, 0) is 4.74 Å². The zero-order valence-corrected chi connectivity index (χ0v) is 12.3. The average molecular weight is 374 g/mol. The molecule has 5 N–H and O–H groups in total. The summed E-state index contributed by atoms with van der Waals surface area (Å²) < 4.78 is 110. The monoisotopic (exact) mass is 374 g/mol. The highest BCUT2D eigenvalue weighted by atomic mass is 19.4. The van der Waals surface area contributed by atoms with Gasteiger partial charge in [-0.25, -0.2) is 0 Å². The van der Waals surface area contributed by atoms with Crippen LogP contribution in [0, 0.1) is 0 Å². The third-order valence-electron chi connectivity index (χ3n) is 3.86. The van der Waals surface area contributed by atoms with Gasteiger partial charge in [0.25, 0.3) is 0 Å². The van der Waals surface area contributed by atoms with Gasteiger partial charge in [-0.05, 0) is 19.3 Å². The summed E-state index contributed by atoms with van der Waals surface area (Å²) in [5.41, 5.74) is 11.1. The fourth-order valence-electron chi connectivity index (χ4n) is 2.28. The first-order chi connectivity index (χ1) is 10.7. The number of hydrogen-bond acceptors (Lipinski definition) is 4. The topological polar surface area (TPSA) is 81.5 Å². The third kappa shape index (κ3) is 3.75. The summed E-state index contributed by atoms with van der Waals surface area (Å²) in [6.45, 7) is -4.96. The number of aliphatic hydroxyl groups excluding tert-OH is 1. The van der Waals surface area contributed by atoms with Gasteiger partial charge in [-0.1, -0.05) is 0 Å². The smallest absolute Gasteiger partial charge is 0.380 e. The Bertz CT molecular complexity index is 435. The minimum Gasteiger partial charge on any atom is -0.390 e. The number of alkyl halides is 8. The molecule has 24 heavy (non-hydrogen) atoms. The number of aliphatic hydroxyl groups is 1. The number of ether oxygens (including phenoxy) is 1. The highest BCUT2D eigenvalue weighted by molar-refractivity contribution is 5.03. The van der Waals surface area contributed by atoms with Crippen molar-refractivity contribution in [2.45, 2.75) is 61.1 Å². The van der Waals surface area contributed by atoms with E-state index in [4.69, 9.17) is 16.6 Å². The van der Waals surface area contributed by atoms with E-state index < -0.39 is 49.0 Å². The van der Waals surface area contributed by atoms with E-state index in [-0.39, 0.29) is 18.9 Å². The van der Waals surface area contributed by atoms with Crippen molar-refractivity contribution in [3.63, 3.8) is 0 Å². The molecule has 3 atom stereocenters. The van der Waals surface area contributed by atoms with Gasteiger partial charge < -0.3 is 21.3 Å². The van der Waals surface area contributed by atoms with Gasteiger partial charge in [0.2, 0.25) is 0 Å². The zero-order chi connectivity index (χ0) is 19.0. The largest absolute Gasteiger partial charge is 0.390 e. The van der Waals surface area contributed by atoms with E-state index in [2.05, 4.69) is 4.74 Å². The lowest BCUT2D eigenvalue weighted by Crippen LogP contribution is -2.64. The maximum Gasteiger partial charge on any atom is 0.380 e. The second-order valence-electron chi connectivity index (χ2n) is 5.80. The average Bonchev–Trinajstić information content (AvgIpc) is 2.45. The molecule has 0 radical (unpaired) electrons. The predicted molar refractivity (Wildman–Crippen MR) is 66.4 cm³/mol. The molecular weight excluding hydrogens is 356 g/mol. The Morgan fingerprint density at radius 1 is 0.875 bits per heavy atom. The molecule has 0 aromatic rings. The molecule has 0 saturated heterocycles. The summed E-state index contributed by atoms with van der Waals surface area (Å²) in [5.74, 6) is -24.3. The maximum absolute atomic E-state index is 13.5.